The molecule has 0 radical (unpaired) electrons. The molecule has 0 fully saturated rings. The van der Waals surface area contributed by atoms with E-state index in [0.29, 0.717) is 11.5 Å². The van der Waals surface area contributed by atoms with Crippen molar-refractivity contribution < 1.29 is 0 Å². The number of nitriles is 1. The van der Waals surface area contributed by atoms with Gasteiger partial charge in [-0.3, -0.25) is 0 Å². The van der Waals surface area contributed by atoms with Crippen molar-refractivity contribution in [2.75, 3.05) is 0 Å². The Hall–Kier alpha value is -2.07. The Bertz CT molecular complexity index is 562. The van der Waals surface area contributed by atoms with E-state index in [4.69, 9.17) is 5.26 Å². The lowest BCUT2D eigenvalue weighted by Gasteiger charge is -2.12. The normalized spacial score (nSPS) is 10.2. The minimum absolute atomic E-state index is 0.483. The average molecular weight is 221 g/mol. The van der Waals surface area contributed by atoms with Crippen LogP contribution in [-0.2, 0) is 0 Å². The smallest absolute Gasteiger partial charge is 0.0991 e. The van der Waals surface area contributed by atoms with Gasteiger partial charge in [0.15, 0.2) is 0 Å². The van der Waals surface area contributed by atoms with Gasteiger partial charge in [-0.05, 0) is 34.7 Å². The summed E-state index contributed by atoms with van der Waals surface area (Å²) in [5.74, 6) is 0.483. The summed E-state index contributed by atoms with van der Waals surface area (Å²) in [7, 11) is 0. The van der Waals surface area contributed by atoms with Gasteiger partial charge in [-0.25, -0.2) is 0 Å². The predicted molar refractivity (Wildman–Crippen MR) is 70.7 cm³/mol. The molecule has 2 rings (SSSR count). The van der Waals surface area contributed by atoms with Crippen LogP contribution >= 0.6 is 0 Å². The van der Waals surface area contributed by atoms with Crippen molar-refractivity contribution in [3.63, 3.8) is 0 Å². The van der Waals surface area contributed by atoms with Gasteiger partial charge in [0, 0.05) is 0 Å². The van der Waals surface area contributed by atoms with Gasteiger partial charge in [0.1, 0.15) is 0 Å². The molecule has 0 aliphatic rings. The topological polar surface area (TPSA) is 23.8 Å². The largest absolute Gasteiger partial charge is 0.192 e. The van der Waals surface area contributed by atoms with Crippen molar-refractivity contribution in [2.45, 2.75) is 19.8 Å². The van der Waals surface area contributed by atoms with E-state index >= 15 is 0 Å². The Labute approximate surface area is 102 Å². The van der Waals surface area contributed by atoms with Gasteiger partial charge in [-0.1, -0.05) is 50.2 Å². The molecule has 1 heteroatoms. The summed E-state index contributed by atoms with van der Waals surface area (Å²) in [5.41, 5.74) is 4.37. The van der Waals surface area contributed by atoms with Gasteiger partial charge in [0.05, 0.1) is 11.6 Å². The molecule has 0 saturated heterocycles. The first-order valence-electron chi connectivity index (χ1n) is 5.82. The molecular weight excluding hydrogens is 206 g/mol. The number of hydrogen-bond donors (Lipinski definition) is 0. The highest BCUT2D eigenvalue weighted by molar-refractivity contribution is 5.69. The molecule has 2 aromatic carbocycles. The molecule has 0 heterocycles. The molecule has 0 bridgehead atoms. The van der Waals surface area contributed by atoms with Crippen molar-refractivity contribution in [2.24, 2.45) is 0 Å². The highest BCUT2D eigenvalue weighted by Crippen LogP contribution is 2.29. The van der Waals surface area contributed by atoms with E-state index < -0.39 is 0 Å². The minimum Gasteiger partial charge on any atom is -0.192 e. The maximum Gasteiger partial charge on any atom is 0.0991 e. The third-order valence-corrected chi connectivity index (χ3v) is 2.89. The van der Waals surface area contributed by atoms with Crippen LogP contribution < -0.4 is 0 Å². The second-order valence-electron chi connectivity index (χ2n) is 4.43. The van der Waals surface area contributed by atoms with Crippen LogP contribution in [0.15, 0.2) is 48.5 Å². The molecule has 0 amide bonds. The van der Waals surface area contributed by atoms with E-state index in [9.17, 15) is 0 Å². The molecule has 84 valence electrons. The van der Waals surface area contributed by atoms with Crippen LogP contribution in [0.1, 0.15) is 30.9 Å². The second kappa shape index (κ2) is 4.84. The van der Waals surface area contributed by atoms with E-state index in [1.54, 1.807) is 0 Å². The van der Waals surface area contributed by atoms with Crippen molar-refractivity contribution in [3.8, 4) is 17.2 Å². The van der Waals surface area contributed by atoms with Gasteiger partial charge in [0.25, 0.3) is 0 Å². The molecular formula is C16H15N. The first-order chi connectivity index (χ1) is 8.22. The SMILES string of the molecule is CC(C)c1ccccc1-c1cccc(C#N)c1. The molecule has 0 aliphatic carbocycles. The predicted octanol–water partition coefficient (Wildman–Crippen LogP) is 4.35. The van der Waals surface area contributed by atoms with Crippen LogP contribution in [0.25, 0.3) is 11.1 Å². The quantitative estimate of drug-likeness (QED) is 0.739. The van der Waals surface area contributed by atoms with E-state index in [0.717, 1.165) is 5.56 Å². The first kappa shape index (κ1) is 11.4. The summed E-state index contributed by atoms with van der Waals surface area (Å²) in [6, 6.07) is 18.3. The Morgan fingerprint density at radius 2 is 1.76 bits per heavy atom. The maximum absolute atomic E-state index is 8.94. The number of benzene rings is 2. The molecule has 0 spiro atoms. The minimum atomic E-state index is 0.483. The monoisotopic (exact) mass is 221 g/mol. The van der Waals surface area contributed by atoms with Crippen molar-refractivity contribution in [1.82, 2.24) is 0 Å². The molecule has 0 saturated carbocycles. The zero-order valence-corrected chi connectivity index (χ0v) is 10.1. The number of rotatable bonds is 2. The molecule has 1 nitrogen and oxygen atoms in total. The molecule has 0 N–H and O–H groups in total. The fourth-order valence-electron chi connectivity index (χ4n) is 2.02. The van der Waals surface area contributed by atoms with Gasteiger partial charge in [-0.2, -0.15) is 5.26 Å². The van der Waals surface area contributed by atoms with Crippen molar-refractivity contribution in [3.05, 3.63) is 59.7 Å². The van der Waals surface area contributed by atoms with Gasteiger partial charge >= 0.3 is 0 Å². The Morgan fingerprint density at radius 1 is 1.00 bits per heavy atom. The number of nitrogens with zero attached hydrogens (tertiary/aromatic N) is 1. The van der Waals surface area contributed by atoms with Crippen molar-refractivity contribution in [1.29, 1.82) is 5.26 Å². The van der Waals surface area contributed by atoms with Gasteiger partial charge in [0.2, 0.25) is 0 Å². The first-order valence-corrected chi connectivity index (χ1v) is 5.82. The highest BCUT2D eigenvalue weighted by atomic mass is 14.2. The second-order valence-corrected chi connectivity index (χ2v) is 4.43. The van der Waals surface area contributed by atoms with E-state index in [1.165, 1.54) is 11.1 Å². The summed E-state index contributed by atoms with van der Waals surface area (Å²) >= 11 is 0. The van der Waals surface area contributed by atoms with Crippen LogP contribution in [0.3, 0.4) is 0 Å². The molecule has 0 atom stereocenters. The molecule has 2 aromatic rings. The zero-order chi connectivity index (χ0) is 12.3. The summed E-state index contributed by atoms with van der Waals surface area (Å²) in [6.45, 7) is 4.37. The van der Waals surface area contributed by atoms with Crippen LogP contribution in [0.2, 0.25) is 0 Å². The molecule has 0 aliphatic heterocycles. The Morgan fingerprint density at radius 3 is 2.47 bits per heavy atom. The summed E-state index contributed by atoms with van der Waals surface area (Å²) < 4.78 is 0. The fourth-order valence-corrected chi connectivity index (χ4v) is 2.02. The standard InChI is InChI=1S/C16H15N/c1-12(2)15-8-3-4-9-16(15)14-7-5-6-13(10-14)11-17/h3-10,12H,1-2H3. The summed E-state index contributed by atoms with van der Waals surface area (Å²) in [4.78, 5) is 0. The molecule has 17 heavy (non-hydrogen) atoms. The van der Waals surface area contributed by atoms with Gasteiger partial charge in [-0.15, -0.1) is 0 Å². The summed E-state index contributed by atoms with van der Waals surface area (Å²) in [6.07, 6.45) is 0. The number of hydrogen-bond acceptors (Lipinski definition) is 1. The molecule has 0 aromatic heterocycles. The summed E-state index contributed by atoms with van der Waals surface area (Å²) in [5, 5.41) is 8.94. The third kappa shape index (κ3) is 2.37. The Balaban J connectivity index is 2.57. The Kier molecular flexibility index (Phi) is 3.25. The zero-order valence-electron chi connectivity index (χ0n) is 10.1. The fraction of sp³-hybridized carbons (Fsp3) is 0.188. The van der Waals surface area contributed by atoms with E-state index in [1.807, 2.05) is 24.3 Å². The molecule has 0 unspecified atom stereocenters. The van der Waals surface area contributed by atoms with E-state index in [2.05, 4.69) is 44.2 Å². The lowest BCUT2D eigenvalue weighted by molar-refractivity contribution is 0.869. The van der Waals surface area contributed by atoms with Crippen LogP contribution in [-0.4, -0.2) is 0 Å². The highest BCUT2D eigenvalue weighted by Gasteiger charge is 2.07. The van der Waals surface area contributed by atoms with Crippen LogP contribution in [0.5, 0.6) is 0 Å². The lowest BCUT2D eigenvalue weighted by atomic mass is 9.92. The van der Waals surface area contributed by atoms with Gasteiger partial charge < -0.3 is 0 Å². The van der Waals surface area contributed by atoms with E-state index in [-0.39, 0.29) is 0 Å². The van der Waals surface area contributed by atoms with Crippen LogP contribution in [0.4, 0.5) is 0 Å². The third-order valence-electron chi connectivity index (χ3n) is 2.89. The lowest BCUT2D eigenvalue weighted by Crippen LogP contribution is -1.92. The maximum atomic E-state index is 8.94. The van der Waals surface area contributed by atoms with Crippen molar-refractivity contribution >= 4 is 0 Å². The average Bonchev–Trinajstić information content (AvgIpc) is 2.39. The van der Waals surface area contributed by atoms with Crippen LogP contribution in [0, 0.1) is 11.3 Å².